The topological polar surface area (TPSA) is 66.4 Å². The van der Waals surface area contributed by atoms with Crippen LogP contribution in [-0.4, -0.2) is 23.5 Å². The van der Waals surface area contributed by atoms with Crippen molar-refractivity contribution < 1.29 is 14.7 Å². The summed E-state index contributed by atoms with van der Waals surface area (Å²) in [5, 5.41) is 12.0. The Kier molecular flexibility index (Phi) is 5.05. The van der Waals surface area contributed by atoms with Gasteiger partial charge in [-0.2, -0.15) is 0 Å². The molecule has 4 nitrogen and oxygen atoms in total. The fourth-order valence-corrected chi connectivity index (χ4v) is 3.87. The standard InChI is InChI=1S/C14H18ClNO3S/c1-8-6-10(11(7-8)14(18)19)13(17)16-5-4-9-2-3-12(15)20-9/h2-3,8,10-11H,4-7H2,1H3,(H,16,17)(H,18,19). The summed E-state index contributed by atoms with van der Waals surface area (Å²) in [7, 11) is 0. The summed E-state index contributed by atoms with van der Waals surface area (Å²) in [6.07, 6.45) is 1.98. The fourth-order valence-electron chi connectivity index (χ4n) is 2.78. The van der Waals surface area contributed by atoms with Crippen LogP contribution in [-0.2, 0) is 16.0 Å². The summed E-state index contributed by atoms with van der Waals surface area (Å²) < 4.78 is 0.738. The Morgan fingerprint density at radius 1 is 1.40 bits per heavy atom. The minimum absolute atomic E-state index is 0.135. The number of carbonyl (C=O) groups is 2. The molecule has 0 radical (unpaired) electrons. The lowest BCUT2D eigenvalue weighted by atomic mass is 9.95. The molecule has 0 aromatic carbocycles. The van der Waals surface area contributed by atoms with Crippen molar-refractivity contribution in [1.82, 2.24) is 5.32 Å². The van der Waals surface area contributed by atoms with E-state index in [1.54, 1.807) is 0 Å². The first-order chi connectivity index (χ1) is 9.47. The van der Waals surface area contributed by atoms with Crippen molar-refractivity contribution in [2.75, 3.05) is 6.54 Å². The van der Waals surface area contributed by atoms with Gasteiger partial charge >= 0.3 is 5.97 Å². The molecule has 1 aromatic heterocycles. The normalized spacial score (nSPS) is 25.6. The zero-order chi connectivity index (χ0) is 14.7. The smallest absolute Gasteiger partial charge is 0.307 e. The van der Waals surface area contributed by atoms with E-state index < -0.39 is 17.8 Å². The van der Waals surface area contributed by atoms with E-state index in [-0.39, 0.29) is 5.91 Å². The zero-order valence-electron chi connectivity index (χ0n) is 11.3. The van der Waals surface area contributed by atoms with Gasteiger partial charge < -0.3 is 10.4 Å². The second kappa shape index (κ2) is 6.59. The number of hydrogen-bond acceptors (Lipinski definition) is 3. The average Bonchev–Trinajstić information content (AvgIpc) is 2.95. The summed E-state index contributed by atoms with van der Waals surface area (Å²) >= 11 is 7.34. The number of halogens is 1. The van der Waals surface area contributed by atoms with Crippen LogP contribution in [0.1, 0.15) is 24.6 Å². The lowest BCUT2D eigenvalue weighted by Gasteiger charge is -2.15. The second-order valence-electron chi connectivity index (χ2n) is 5.37. The van der Waals surface area contributed by atoms with Crippen LogP contribution in [0.2, 0.25) is 4.34 Å². The van der Waals surface area contributed by atoms with E-state index in [9.17, 15) is 9.59 Å². The van der Waals surface area contributed by atoms with Crippen LogP contribution in [0.25, 0.3) is 0 Å². The van der Waals surface area contributed by atoms with Crippen LogP contribution in [0.5, 0.6) is 0 Å². The van der Waals surface area contributed by atoms with Gasteiger partial charge in [0.25, 0.3) is 0 Å². The Morgan fingerprint density at radius 2 is 2.10 bits per heavy atom. The maximum absolute atomic E-state index is 12.1. The number of rotatable bonds is 5. The van der Waals surface area contributed by atoms with E-state index in [0.29, 0.717) is 25.3 Å². The third kappa shape index (κ3) is 3.73. The molecule has 0 saturated heterocycles. The van der Waals surface area contributed by atoms with Crippen LogP contribution < -0.4 is 5.32 Å². The molecule has 1 aromatic rings. The first-order valence-corrected chi connectivity index (χ1v) is 7.91. The minimum atomic E-state index is -0.862. The Hall–Kier alpha value is -1.07. The Morgan fingerprint density at radius 3 is 2.70 bits per heavy atom. The molecule has 1 aliphatic rings. The van der Waals surface area contributed by atoms with Crippen molar-refractivity contribution in [2.24, 2.45) is 17.8 Å². The van der Waals surface area contributed by atoms with Gasteiger partial charge in [0.2, 0.25) is 5.91 Å². The molecule has 1 amide bonds. The quantitative estimate of drug-likeness (QED) is 0.878. The number of thiophene rings is 1. The number of carboxylic acid groups (broad SMARTS) is 1. The van der Waals surface area contributed by atoms with Crippen molar-refractivity contribution in [2.45, 2.75) is 26.2 Å². The minimum Gasteiger partial charge on any atom is -0.481 e. The molecule has 3 atom stereocenters. The van der Waals surface area contributed by atoms with E-state index >= 15 is 0 Å². The van der Waals surface area contributed by atoms with Crippen molar-refractivity contribution >= 4 is 34.8 Å². The zero-order valence-corrected chi connectivity index (χ0v) is 12.8. The highest BCUT2D eigenvalue weighted by Gasteiger charge is 2.40. The maximum atomic E-state index is 12.1. The SMILES string of the molecule is CC1CC(C(=O)O)C(C(=O)NCCc2ccc(Cl)s2)C1. The molecule has 0 spiro atoms. The van der Waals surface area contributed by atoms with Crippen LogP contribution in [0.3, 0.4) is 0 Å². The highest BCUT2D eigenvalue weighted by Crippen LogP contribution is 2.36. The van der Waals surface area contributed by atoms with Crippen LogP contribution >= 0.6 is 22.9 Å². The van der Waals surface area contributed by atoms with Gasteiger partial charge in [0, 0.05) is 11.4 Å². The molecule has 3 unspecified atom stereocenters. The number of amides is 1. The molecule has 0 aliphatic heterocycles. The number of carboxylic acids is 1. The first kappa shape index (κ1) is 15.3. The molecular weight excluding hydrogens is 298 g/mol. The van der Waals surface area contributed by atoms with Crippen molar-refractivity contribution in [3.05, 3.63) is 21.3 Å². The highest BCUT2D eigenvalue weighted by atomic mass is 35.5. The lowest BCUT2D eigenvalue weighted by molar-refractivity contribution is -0.146. The van der Waals surface area contributed by atoms with E-state index in [1.807, 2.05) is 19.1 Å². The Bertz CT molecular complexity index is 502. The van der Waals surface area contributed by atoms with Gasteiger partial charge in [-0.3, -0.25) is 9.59 Å². The third-order valence-corrected chi connectivity index (χ3v) is 5.04. The summed E-state index contributed by atoms with van der Waals surface area (Å²) in [6, 6.07) is 3.78. The van der Waals surface area contributed by atoms with E-state index in [0.717, 1.165) is 15.6 Å². The summed E-state index contributed by atoms with van der Waals surface area (Å²) in [6.45, 7) is 2.52. The Balaban J connectivity index is 1.83. The van der Waals surface area contributed by atoms with Crippen molar-refractivity contribution in [1.29, 1.82) is 0 Å². The van der Waals surface area contributed by atoms with Gasteiger partial charge in [0.15, 0.2) is 0 Å². The highest BCUT2D eigenvalue weighted by molar-refractivity contribution is 7.16. The molecule has 2 rings (SSSR count). The van der Waals surface area contributed by atoms with Crippen LogP contribution in [0.15, 0.2) is 12.1 Å². The summed E-state index contributed by atoms with van der Waals surface area (Å²) in [5.41, 5.74) is 0. The molecule has 1 aliphatic carbocycles. The summed E-state index contributed by atoms with van der Waals surface area (Å²) in [5.74, 6) is -1.64. The van der Waals surface area contributed by atoms with E-state index in [4.69, 9.17) is 16.7 Å². The monoisotopic (exact) mass is 315 g/mol. The first-order valence-electron chi connectivity index (χ1n) is 6.72. The summed E-state index contributed by atoms with van der Waals surface area (Å²) in [4.78, 5) is 24.4. The van der Waals surface area contributed by atoms with Gasteiger partial charge in [0.1, 0.15) is 0 Å². The van der Waals surface area contributed by atoms with E-state index in [1.165, 1.54) is 11.3 Å². The second-order valence-corrected chi connectivity index (χ2v) is 7.17. The largest absolute Gasteiger partial charge is 0.481 e. The molecule has 6 heteroatoms. The number of aliphatic carboxylic acids is 1. The van der Waals surface area contributed by atoms with Crippen LogP contribution in [0, 0.1) is 17.8 Å². The van der Waals surface area contributed by atoms with Gasteiger partial charge in [-0.15, -0.1) is 11.3 Å². The molecule has 0 bridgehead atoms. The van der Waals surface area contributed by atoms with Crippen molar-refractivity contribution in [3.63, 3.8) is 0 Å². The lowest BCUT2D eigenvalue weighted by Crippen LogP contribution is -2.36. The van der Waals surface area contributed by atoms with Gasteiger partial charge in [0.05, 0.1) is 16.2 Å². The molecule has 110 valence electrons. The number of carbonyl (C=O) groups excluding carboxylic acids is 1. The predicted molar refractivity (Wildman–Crippen MR) is 79.1 cm³/mol. The molecular formula is C14H18ClNO3S. The average molecular weight is 316 g/mol. The number of hydrogen-bond donors (Lipinski definition) is 2. The number of nitrogens with one attached hydrogen (secondary N) is 1. The van der Waals surface area contributed by atoms with Crippen molar-refractivity contribution in [3.8, 4) is 0 Å². The van der Waals surface area contributed by atoms with Crippen LogP contribution in [0.4, 0.5) is 0 Å². The predicted octanol–water partition coefficient (Wildman–Crippen LogP) is 2.81. The Labute approximate surface area is 127 Å². The molecule has 1 saturated carbocycles. The molecule has 1 heterocycles. The van der Waals surface area contributed by atoms with Gasteiger partial charge in [-0.05, 0) is 37.3 Å². The van der Waals surface area contributed by atoms with E-state index in [2.05, 4.69) is 5.32 Å². The third-order valence-electron chi connectivity index (χ3n) is 3.75. The van der Waals surface area contributed by atoms with Gasteiger partial charge in [-0.1, -0.05) is 18.5 Å². The maximum Gasteiger partial charge on any atom is 0.307 e. The molecule has 1 fully saturated rings. The molecule has 20 heavy (non-hydrogen) atoms. The fraction of sp³-hybridized carbons (Fsp3) is 0.571. The van der Waals surface area contributed by atoms with Gasteiger partial charge in [-0.25, -0.2) is 0 Å². The molecule has 2 N–H and O–H groups in total.